The van der Waals surface area contributed by atoms with Gasteiger partial charge < -0.3 is 10.1 Å². The van der Waals surface area contributed by atoms with Gasteiger partial charge in [-0.1, -0.05) is 52.3 Å². The summed E-state index contributed by atoms with van der Waals surface area (Å²) in [5.74, 6) is 0.142. The Morgan fingerprint density at radius 1 is 1.03 bits per heavy atom. The maximum Gasteiger partial charge on any atom is 0.242 e. The van der Waals surface area contributed by atoms with E-state index >= 15 is 0 Å². The number of hydrogen-bond donors (Lipinski definition) is 2. The van der Waals surface area contributed by atoms with Gasteiger partial charge in [-0.15, -0.1) is 0 Å². The number of ether oxygens (including phenoxy) is 1. The van der Waals surface area contributed by atoms with Gasteiger partial charge >= 0.3 is 0 Å². The van der Waals surface area contributed by atoms with Crippen LogP contribution in [0.4, 0.5) is 5.69 Å². The van der Waals surface area contributed by atoms with Gasteiger partial charge in [-0.3, -0.25) is 4.79 Å². The molecule has 3 aromatic carbocycles. The Hall–Kier alpha value is -2.68. The van der Waals surface area contributed by atoms with Crippen LogP contribution in [-0.2, 0) is 21.2 Å². The van der Waals surface area contributed by atoms with E-state index in [1.807, 2.05) is 36.4 Å². The van der Waals surface area contributed by atoms with E-state index in [0.29, 0.717) is 17.0 Å². The molecule has 0 heterocycles. The fourth-order valence-corrected chi connectivity index (χ4v) is 4.79. The number of halogens is 1. The van der Waals surface area contributed by atoms with Crippen LogP contribution < -0.4 is 14.8 Å². The van der Waals surface area contributed by atoms with Crippen molar-refractivity contribution in [2.24, 2.45) is 0 Å². The van der Waals surface area contributed by atoms with Crippen LogP contribution in [0.1, 0.15) is 11.1 Å². The van der Waals surface area contributed by atoms with E-state index in [1.165, 1.54) is 19.2 Å². The molecule has 2 N–H and O–H groups in total. The minimum absolute atomic E-state index is 0.0686. The first-order valence-electron chi connectivity index (χ1n) is 9.56. The van der Waals surface area contributed by atoms with Crippen LogP contribution in [0.2, 0.25) is 0 Å². The summed E-state index contributed by atoms with van der Waals surface area (Å²) < 4.78 is 34.7. The number of aryl methyl sites for hydroxylation is 1. The van der Waals surface area contributed by atoms with Gasteiger partial charge in [0.15, 0.2) is 0 Å². The van der Waals surface area contributed by atoms with Gasteiger partial charge in [-0.2, -0.15) is 4.72 Å². The van der Waals surface area contributed by atoms with Crippen LogP contribution >= 0.6 is 15.9 Å². The molecule has 0 saturated heterocycles. The van der Waals surface area contributed by atoms with Gasteiger partial charge in [0.25, 0.3) is 0 Å². The van der Waals surface area contributed by atoms with Crippen molar-refractivity contribution in [3.05, 3.63) is 88.4 Å². The number of sulfonamides is 1. The van der Waals surface area contributed by atoms with E-state index in [-0.39, 0.29) is 11.3 Å². The average Bonchev–Trinajstić information content (AvgIpc) is 2.74. The topological polar surface area (TPSA) is 84.5 Å². The monoisotopic (exact) mass is 502 g/mol. The summed E-state index contributed by atoms with van der Waals surface area (Å²) in [6, 6.07) is 19.9. The largest absolute Gasteiger partial charge is 0.496 e. The number of methoxy groups -OCH3 is 1. The van der Waals surface area contributed by atoms with Crippen molar-refractivity contribution in [1.82, 2.24) is 4.72 Å². The highest BCUT2D eigenvalue weighted by atomic mass is 79.9. The fraction of sp³-hybridized carbons (Fsp3) is 0.174. The highest BCUT2D eigenvalue weighted by Crippen LogP contribution is 2.22. The number of amides is 1. The molecule has 0 aliphatic rings. The Morgan fingerprint density at radius 3 is 2.42 bits per heavy atom. The van der Waals surface area contributed by atoms with Crippen molar-refractivity contribution in [3.8, 4) is 5.75 Å². The molecule has 0 aromatic heterocycles. The lowest BCUT2D eigenvalue weighted by atomic mass is 10.1. The molecule has 0 fully saturated rings. The smallest absolute Gasteiger partial charge is 0.242 e. The number of hydrogen-bond acceptors (Lipinski definition) is 4. The second-order valence-electron chi connectivity index (χ2n) is 6.99. The maximum atomic E-state index is 13.1. The lowest BCUT2D eigenvalue weighted by Crippen LogP contribution is -2.45. The van der Waals surface area contributed by atoms with Gasteiger partial charge in [-0.25, -0.2) is 8.42 Å². The first-order chi connectivity index (χ1) is 14.8. The lowest BCUT2D eigenvalue weighted by Gasteiger charge is -2.19. The second-order valence-corrected chi connectivity index (χ2v) is 9.62. The molecule has 1 atom stereocenters. The van der Waals surface area contributed by atoms with Crippen molar-refractivity contribution in [2.75, 3.05) is 12.4 Å². The highest BCUT2D eigenvalue weighted by Gasteiger charge is 2.26. The highest BCUT2D eigenvalue weighted by molar-refractivity contribution is 9.10. The molecule has 31 heavy (non-hydrogen) atoms. The van der Waals surface area contributed by atoms with Gasteiger partial charge in [-0.05, 0) is 60.9 Å². The minimum atomic E-state index is -3.95. The van der Waals surface area contributed by atoms with E-state index in [0.717, 1.165) is 10.0 Å². The summed E-state index contributed by atoms with van der Waals surface area (Å²) in [6.07, 6.45) is 0.203. The quantitative estimate of drug-likeness (QED) is 0.480. The first-order valence-corrected chi connectivity index (χ1v) is 11.8. The molecule has 0 aliphatic heterocycles. The molecule has 6 nitrogen and oxygen atoms in total. The summed E-state index contributed by atoms with van der Waals surface area (Å²) in [6.45, 7) is 1.76. The lowest BCUT2D eigenvalue weighted by molar-refractivity contribution is -0.117. The number of rotatable bonds is 8. The Labute approximate surface area is 190 Å². The van der Waals surface area contributed by atoms with E-state index in [1.54, 1.807) is 31.2 Å². The molecule has 0 unspecified atom stereocenters. The van der Waals surface area contributed by atoms with Crippen molar-refractivity contribution in [1.29, 1.82) is 0 Å². The Bertz CT molecular complexity index is 1170. The van der Waals surface area contributed by atoms with Crippen LogP contribution in [0.15, 0.2) is 82.2 Å². The summed E-state index contributed by atoms with van der Waals surface area (Å²) in [5.41, 5.74) is 2.09. The molecule has 8 heteroatoms. The van der Waals surface area contributed by atoms with Crippen molar-refractivity contribution < 1.29 is 17.9 Å². The normalized spacial score (nSPS) is 12.2. The molecule has 3 aromatic rings. The van der Waals surface area contributed by atoms with E-state index in [4.69, 9.17) is 4.74 Å². The van der Waals surface area contributed by atoms with E-state index in [2.05, 4.69) is 26.0 Å². The standard InChI is InChI=1S/C23H23BrN2O4S/c1-16-13-20(11-12-22(16)30-2)31(28,29)26-21(14-17-7-4-3-5-8-17)23(27)25-19-10-6-9-18(24)15-19/h3-13,15,21,26H,14H2,1-2H3,(H,25,27)/t21-/m1/s1. The molecule has 0 spiro atoms. The molecular weight excluding hydrogens is 480 g/mol. The number of anilines is 1. The Morgan fingerprint density at radius 2 is 1.77 bits per heavy atom. The van der Waals surface area contributed by atoms with Gasteiger partial charge in [0.1, 0.15) is 11.8 Å². The summed E-state index contributed by atoms with van der Waals surface area (Å²) in [5, 5.41) is 2.79. The second kappa shape index (κ2) is 10.1. The third-order valence-corrected chi connectivity index (χ3v) is 6.63. The zero-order valence-corrected chi connectivity index (χ0v) is 19.5. The predicted molar refractivity (Wildman–Crippen MR) is 125 cm³/mol. The molecular formula is C23H23BrN2O4S. The van der Waals surface area contributed by atoms with Gasteiger partial charge in [0, 0.05) is 10.2 Å². The molecule has 0 radical (unpaired) electrons. The van der Waals surface area contributed by atoms with Crippen LogP contribution in [0.5, 0.6) is 5.75 Å². The number of nitrogens with one attached hydrogen (secondary N) is 2. The van der Waals surface area contributed by atoms with Crippen LogP contribution in [0.25, 0.3) is 0 Å². The van der Waals surface area contributed by atoms with E-state index in [9.17, 15) is 13.2 Å². The predicted octanol–water partition coefficient (Wildman–Crippen LogP) is 4.29. The van der Waals surface area contributed by atoms with Crippen molar-refractivity contribution >= 4 is 37.5 Å². The molecule has 1 amide bonds. The fourth-order valence-electron chi connectivity index (χ4n) is 3.11. The van der Waals surface area contributed by atoms with Crippen molar-refractivity contribution in [2.45, 2.75) is 24.3 Å². The zero-order chi connectivity index (χ0) is 22.4. The Kier molecular flexibility index (Phi) is 7.48. The average molecular weight is 503 g/mol. The summed E-state index contributed by atoms with van der Waals surface area (Å²) >= 11 is 3.37. The number of benzene rings is 3. The third kappa shape index (κ3) is 6.16. The van der Waals surface area contributed by atoms with Gasteiger partial charge in [0.2, 0.25) is 15.9 Å². The molecule has 162 valence electrons. The number of carbonyl (C=O) groups excluding carboxylic acids is 1. The van der Waals surface area contributed by atoms with E-state index < -0.39 is 22.0 Å². The van der Waals surface area contributed by atoms with Crippen LogP contribution in [0.3, 0.4) is 0 Å². The SMILES string of the molecule is COc1ccc(S(=O)(=O)N[C@H](Cc2ccccc2)C(=O)Nc2cccc(Br)c2)cc1C. The Balaban J connectivity index is 1.88. The minimum Gasteiger partial charge on any atom is -0.496 e. The molecule has 3 rings (SSSR count). The third-order valence-electron chi connectivity index (χ3n) is 4.67. The summed E-state index contributed by atoms with van der Waals surface area (Å²) in [4.78, 5) is 13.1. The summed E-state index contributed by atoms with van der Waals surface area (Å²) in [7, 11) is -2.42. The van der Waals surface area contributed by atoms with Crippen LogP contribution in [-0.4, -0.2) is 27.5 Å². The zero-order valence-electron chi connectivity index (χ0n) is 17.1. The van der Waals surface area contributed by atoms with Crippen LogP contribution in [0, 0.1) is 6.92 Å². The molecule has 0 aliphatic carbocycles. The maximum absolute atomic E-state index is 13.1. The molecule has 0 bridgehead atoms. The van der Waals surface area contributed by atoms with Crippen molar-refractivity contribution in [3.63, 3.8) is 0 Å². The first kappa shape index (κ1) is 23.0. The molecule has 0 saturated carbocycles. The van der Waals surface area contributed by atoms with Gasteiger partial charge in [0.05, 0.1) is 12.0 Å². The number of carbonyl (C=O) groups is 1.